The van der Waals surface area contributed by atoms with E-state index in [1.807, 2.05) is 18.2 Å². The number of halogens is 1. The Morgan fingerprint density at radius 2 is 1.78 bits per heavy atom. The number of hydrogen-bond acceptors (Lipinski definition) is 2. The molecule has 0 heterocycles. The van der Waals surface area contributed by atoms with E-state index in [1.165, 1.54) is 29.6 Å². The molecule has 0 aromatic heterocycles. The van der Waals surface area contributed by atoms with Gasteiger partial charge < -0.3 is 9.84 Å². The van der Waals surface area contributed by atoms with E-state index in [-0.39, 0.29) is 6.42 Å². The van der Waals surface area contributed by atoms with Gasteiger partial charge in [-0.15, -0.1) is 0 Å². The number of ether oxygens (including phenoxy) is 1. The van der Waals surface area contributed by atoms with E-state index in [1.54, 1.807) is 6.07 Å². The molecule has 2 aromatic rings. The Bertz CT molecular complexity index is 812. The molecule has 0 spiro atoms. The average molecular weight is 385 g/mol. The average Bonchev–Trinajstić information content (AvgIpc) is 2.67. The van der Waals surface area contributed by atoms with Crippen LogP contribution in [-0.4, -0.2) is 17.7 Å². The minimum Gasteiger partial charge on any atom is -0.489 e. The predicted molar refractivity (Wildman–Crippen MR) is 109 cm³/mol. The molecule has 0 bridgehead atoms. The smallest absolute Gasteiger partial charge is 0.303 e. The van der Waals surface area contributed by atoms with Crippen molar-refractivity contribution in [1.29, 1.82) is 0 Å². The molecule has 0 saturated heterocycles. The molecule has 4 heteroatoms. The van der Waals surface area contributed by atoms with Gasteiger partial charge in [0.05, 0.1) is 0 Å². The number of carboxylic acids is 1. The van der Waals surface area contributed by atoms with Crippen LogP contribution in [0.3, 0.4) is 0 Å². The summed E-state index contributed by atoms with van der Waals surface area (Å²) in [6, 6.07) is 16.1. The van der Waals surface area contributed by atoms with Gasteiger partial charge in [-0.3, -0.25) is 4.79 Å². The molecule has 1 aliphatic carbocycles. The lowest BCUT2D eigenvalue weighted by molar-refractivity contribution is -0.136. The van der Waals surface area contributed by atoms with Gasteiger partial charge in [0.25, 0.3) is 0 Å². The molecule has 1 N–H and O–H groups in total. The number of aryl methyl sites for hydroxylation is 1. The molecule has 0 radical (unpaired) electrons. The SMILES string of the molecule is O=C(O)CCc1ccc(OCC2=C(Cc3ccccc3)CCCC2)cc1Cl. The summed E-state index contributed by atoms with van der Waals surface area (Å²) >= 11 is 6.29. The van der Waals surface area contributed by atoms with Crippen molar-refractivity contribution in [3.63, 3.8) is 0 Å². The van der Waals surface area contributed by atoms with Gasteiger partial charge in [-0.2, -0.15) is 0 Å². The molecule has 142 valence electrons. The fourth-order valence-corrected chi connectivity index (χ4v) is 3.76. The first-order chi connectivity index (χ1) is 13.1. The van der Waals surface area contributed by atoms with Crippen molar-refractivity contribution in [3.8, 4) is 5.75 Å². The third-order valence-electron chi connectivity index (χ3n) is 5.01. The Hall–Kier alpha value is -2.26. The zero-order chi connectivity index (χ0) is 19.1. The summed E-state index contributed by atoms with van der Waals surface area (Å²) in [6.07, 6.45) is 6.20. The summed E-state index contributed by atoms with van der Waals surface area (Å²) in [5.41, 5.74) is 5.08. The summed E-state index contributed by atoms with van der Waals surface area (Å²) in [4.78, 5) is 10.7. The molecule has 3 nitrogen and oxygen atoms in total. The van der Waals surface area contributed by atoms with Crippen LogP contribution in [0.25, 0.3) is 0 Å². The number of rotatable bonds is 8. The number of carboxylic acid groups (broad SMARTS) is 1. The standard InChI is InChI=1S/C23H25ClO3/c24-22-15-21(12-10-18(22)11-13-23(25)26)27-16-20-9-5-4-8-19(20)14-17-6-2-1-3-7-17/h1-3,6-7,10,12,15H,4-5,8-9,11,13-14,16H2,(H,25,26). The third-order valence-corrected chi connectivity index (χ3v) is 5.37. The maximum atomic E-state index is 10.7. The number of benzene rings is 2. The normalized spacial score (nSPS) is 14.3. The Labute approximate surface area is 165 Å². The summed E-state index contributed by atoms with van der Waals surface area (Å²) in [6.45, 7) is 0.590. The van der Waals surface area contributed by atoms with Crippen LogP contribution >= 0.6 is 11.6 Å². The van der Waals surface area contributed by atoms with Gasteiger partial charge >= 0.3 is 5.97 Å². The highest BCUT2D eigenvalue weighted by atomic mass is 35.5. The number of aliphatic carboxylic acids is 1. The Morgan fingerprint density at radius 3 is 2.48 bits per heavy atom. The minimum absolute atomic E-state index is 0.0790. The van der Waals surface area contributed by atoms with E-state index in [0.717, 1.165) is 30.6 Å². The van der Waals surface area contributed by atoms with E-state index in [2.05, 4.69) is 24.3 Å². The van der Waals surface area contributed by atoms with Gasteiger partial charge in [-0.1, -0.05) is 53.6 Å². The topological polar surface area (TPSA) is 46.5 Å². The van der Waals surface area contributed by atoms with Crippen LogP contribution in [0.15, 0.2) is 59.7 Å². The fraction of sp³-hybridized carbons (Fsp3) is 0.348. The van der Waals surface area contributed by atoms with Gasteiger partial charge in [0.1, 0.15) is 12.4 Å². The van der Waals surface area contributed by atoms with E-state index < -0.39 is 5.97 Å². The highest BCUT2D eigenvalue weighted by molar-refractivity contribution is 6.31. The fourth-order valence-electron chi connectivity index (χ4n) is 3.49. The van der Waals surface area contributed by atoms with Gasteiger partial charge in [-0.25, -0.2) is 0 Å². The molecule has 27 heavy (non-hydrogen) atoms. The van der Waals surface area contributed by atoms with Crippen LogP contribution in [-0.2, 0) is 17.6 Å². The van der Waals surface area contributed by atoms with Gasteiger partial charge in [-0.05, 0) is 67.4 Å². The second-order valence-corrected chi connectivity index (χ2v) is 7.42. The second kappa shape index (κ2) is 9.61. The first-order valence-electron chi connectivity index (χ1n) is 9.48. The zero-order valence-corrected chi connectivity index (χ0v) is 16.2. The van der Waals surface area contributed by atoms with Crippen molar-refractivity contribution in [2.45, 2.75) is 44.9 Å². The molecule has 3 rings (SSSR count). The summed E-state index contributed by atoms with van der Waals surface area (Å²) < 4.78 is 6.02. The van der Waals surface area contributed by atoms with Crippen molar-refractivity contribution in [1.82, 2.24) is 0 Å². The predicted octanol–water partition coefficient (Wildman–Crippen LogP) is 5.85. The van der Waals surface area contributed by atoms with Crippen LogP contribution in [0.5, 0.6) is 5.75 Å². The van der Waals surface area contributed by atoms with E-state index in [9.17, 15) is 4.79 Å². The molecule has 1 aliphatic rings. The number of allylic oxidation sites excluding steroid dienone is 1. The van der Waals surface area contributed by atoms with Crippen LogP contribution in [0.2, 0.25) is 5.02 Å². The van der Waals surface area contributed by atoms with Crippen molar-refractivity contribution < 1.29 is 14.6 Å². The molecular formula is C23H25ClO3. The lowest BCUT2D eigenvalue weighted by Crippen LogP contribution is -2.10. The number of carbonyl (C=O) groups is 1. The largest absolute Gasteiger partial charge is 0.489 e. The molecule has 0 atom stereocenters. The maximum absolute atomic E-state index is 10.7. The lowest BCUT2D eigenvalue weighted by Gasteiger charge is -2.21. The van der Waals surface area contributed by atoms with Crippen LogP contribution < -0.4 is 4.74 Å². The summed E-state index contributed by atoms with van der Waals surface area (Å²) in [7, 11) is 0. The quantitative estimate of drug-likeness (QED) is 0.580. The van der Waals surface area contributed by atoms with Crippen molar-refractivity contribution in [3.05, 3.63) is 75.8 Å². The lowest BCUT2D eigenvalue weighted by atomic mass is 9.88. The molecule has 0 saturated carbocycles. The first-order valence-corrected chi connectivity index (χ1v) is 9.86. The zero-order valence-electron chi connectivity index (χ0n) is 15.4. The Morgan fingerprint density at radius 1 is 1.04 bits per heavy atom. The molecule has 0 aliphatic heterocycles. The van der Waals surface area contributed by atoms with Crippen LogP contribution in [0.4, 0.5) is 0 Å². The Balaban J connectivity index is 1.65. The van der Waals surface area contributed by atoms with Gasteiger partial charge in [0.2, 0.25) is 0 Å². The van der Waals surface area contributed by atoms with Crippen molar-refractivity contribution in [2.24, 2.45) is 0 Å². The summed E-state index contributed by atoms with van der Waals surface area (Å²) in [5.74, 6) is -0.0854. The van der Waals surface area contributed by atoms with E-state index in [4.69, 9.17) is 21.4 Å². The molecule has 0 unspecified atom stereocenters. The maximum Gasteiger partial charge on any atom is 0.303 e. The molecular weight excluding hydrogens is 360 g/mol. The number of hydrogen-bond donors (Lipinski definition) is 1. The van der Waals surface area contributed by atoms with E-state index in [0.29, 0.717) is 18.1 Å². The molecule has 0 fully saturated rings. The monoisotopic (exact) mass is 384 g/mol. The van der Waals surface area contributed by atoms with Crippen molar-refractivity contribution >= 4 is 17.6 Å². The summed E-state index contributed by atoms with van der Waals surface area (Å²) in [5, 5.41) is 9.37. The van der Waals surface area contributed by atoms with Crippen LogP contribution in [0.1, 0.15) is 43.2 Å². The third kappa shape index (κ3) is 5.86. The molecule has 2 aromatic carbocycles. The van der Waals surface area contributed by atoms with Crippen molar-refractivity contribution in [2.75, 3.05) is 6.61 Å². The van der Waals surface area contributed by atoms with E-state index >= 15 is 0 Å². The highest BCUT2D eigenvalue weighted by Crippen LogP contribution is 2.29. The van der Waals surface area contributed by atoms with Crippen LogP contribution in [0, 0.1) is 0 Å². The van der Waals surface area contributed by atoms with Gasteiger partial charge in [0.15, 0.2) is 0 Å². The minimum atomic E-state index is -0.818. The van der Waals surface area contributed by atoms with Gasteiger partial charge in [0, 0.05) is 11.4 Å². The Kier molecular flexibility index (Phi) is 6.94. The second-order valence-electron chi connectivity index (χ2n) is 7.01. The first kappa shape index (κ1) is 19.5. The highest BCUT2D eigenvalue weighted by Gasteiger charge is 2.14. The molecule has 0 amide bonds.